The molecule has 1 fully saturated rings. The highest BCUT2D eigenvalue weighted by atomic mass is 16.3. The molecule has 6 heteroatoms. The van der Waals surface area contributed by atoms with Crippen molar-refractivity contribution in [3.63, 3.8) is 0 Å². The van der Waals surface area contributed by atoms with Crippen LogP contribution in [0.25, 0.3) is 0 Å². The number of H-pyrrole nitrogens is 1. The van der Waals surface area contributed by atoms with E-state index < -0.39 is 0 Å². The van der Waals surface area contributed by atoms with Crippen LogP contribution in [-0.4, -0.2) is 59.3 Å². The average molecular weight is 355 g/mol. The maximum Gasteiger partial charge on any atom is 0.193 e. The lowest BCUT2D eigenvalue weighted by atomic mass is 10.1. The van der Waals surface area contributed by atoms with Crippen LogP contribution in [-0.2, 0) is 0 Å². The van der Waals surface area contributed by atoms with Gasteiger partial charge in [0.05, 0.1) is 17.9 Å². The summed E-state index contributed by atoms with van der Waals surface area (Å²) in [5.74, 6) is 0.270. The van der Waals surface area contributed by atoms with Crippen LogP contribution in [0.2, 0.25) is 0 Å². The molecule has 0 aliphatic carbocycles. The number of nitrogens with zero attached hydrogens (tertiary/aromatic N) is 2. The van der Waals surface area contributed by atoms with E-state index in [-0.39, 0.29) is 17.3 Å². The summed E-state index contributed by atoms with van der Waals surface area (Å²) in [7, 11) is 0. The molecule has 0 unspecified atom stereocenters. The van der Waals surface area contributed by atoms with Gasteiger partial charge in [-0.1, -0.05) is 12.1 Å². The van der Waals surface area contributed by atoms with E-state index >= 15 is 0 Å². The molecule has 2 heterocycles. The Bertz CT molecular complexity index is 833. The fraction of sp³-hybridized carbons (Fsp3) is 0.400. The summed E-state index contributed by atoms with van der Waals surface area (Å²) < 4.78 is 0. The van der Waals surface area contributed by atoms with Crippen LogP contribution in [0.1, 0.15) is 39.0 Å². The highest BCUT2D eigenvalue weighted by molar-refractivity contribution is 6.03. The number of ketones is 2. The Morgan fingerprint density at radius 3 is 2.35 bits per heavy atom. The zero-order chi connectivity index (χ0) is 18.8. The minimum atomic E-state index is -0.0217. The van der Waals surface area contributed by atoms with Crippen molar-refractivity contribution in [2.45, 2.75) is 20.8 Å². The molecular weight excluding hydrogens is 330 g/mol. The molecule has 138 valence electrons. The van der Waals surface area contributed by atoms with Crippen LogP contribution in [0.5, 0.6) is 5.75 Å². The minimum absolute atomic E-state index is 0.00843. The predicted molar refractivity (Wildman–Crippen MR) is 101 cm³/mol. The van der Waals surface area contributed by atoms with E-state index in [0.29, 0.717) is 17.8 Å². The number of para-hydroxylation sites is 2. The molecular formula is C20H25N3O3. The van der Waals surface area contributed by atoms with Gasteiger partial charge in [-0.15, -0.1) is 0 Å². The lowest BCUT2D eigenvalue weighted by Crippen LogP contribution is -2.48. The monoisotopic (exact) mass is 355 g/mol. The number of hydrogen-bond donors (Lipinski definition) is 2. The van der Waals surface area contributed by atoms with Gasteiger partial charge in [0.25, 0.3) is 0 Å². The topological polar surface area (TPSA) is 76.6 Å². The van der Waals surface area contributed by atoms with Crippen LogP contribution < -0.4 is 4.90 Å². The van der Waals surface area contributed by atoms with Gasteiger partial charge in [0.1, 0.15) is 5.75 Å². The van der Waals surface area contributed by atoms with Gasteiger partial charge in [-0.25, -0.2) is 0 Å². The molecule has 1 aromatic heterocycles. The molecule has 0 radical (unpaired) electrons. The minimum Gasteiger partial charge on any atom is -0.506 e. The van der Waals surface area contributed by atoms with Crippen LogP contribution in [0.3, 0.4) is 0 Å². The van der Waals surface area contributed by atoms with Gasteiger partial charge < -0.3 is 15.0 Å². The van der Waals surface area contributed by atoms with Gasteiger partial charge in [-0.2, -0.15) is 0 Å². The van der Waals surface area contributed by atoms with Gasteiger partial charge >= 0.3 is 0 Å². The molecule has 1 aliphatic rings. The lowest BCUT2D eigenvalue weighted by molar-refractivity contribution is 0.0921. The first kappa shape index (κ1) is 18.2. The van der Waals surface area contributed by atoms with E-state index in [2.05, 4.69) is 14.8 Å². The van der Waals surface area contributed by atoms with Gasteiger partial charge in [0.2, 0.25) is 0 Å². The van der Waals surface area contributed by atoms with E-state index in [1.807, 2.05) is 32.0 Å². The molecule has 6 nitrogen and oxygen atoms in total. The summed E-state index contributed by atoms with van der Waals surface area (Å²) in [6.45, 7) is 8.51. The highest BCUT2D eigenvalue weighted by Gasteiger charge is 2.24. The van der Waals surface area contributed by atoms with Crippen molar-refractivity contribution in [2.75, 3.05) is 37.6 Å². The van der Waals surface area contributed by atoms with Gasteiger partial charge in [-0.3, -0.25) is 14.5 Å². The SMILES string of the molecule is CC(=O)c1c(C)[nH]c(C(=O)CN2CCN(c3ccccc3O)CC2)c1C. The fourth-order valence-electron chi connectivity index (χ4n) is 3.72. The Morgan fingerprint density at radius 1 is 1.12 bits per heavy atom. The Morgan fingerprint density at radius 2 is 1.77 bits per heavy atom. The second kappa shape index (κ2) is 7.33. The number of piperazine rings is 1. The number of aromatic nitrogens is 1. The Hall–Kier alpha value is -2.60. The van der Waals surface area contributed by atoms with E-state index in [1.54, 1.807) is 6.07 Å². The maximum atomic E-state index is 12.7. The molecule has 0 amide bonds. The van der Waals surface area contributed by atoms with Gasteiger partial charge in [0.15, 0.2) is 11.6 Å². The number of aryl methyl sites for hydroxylation is 1. The standard InChI is InChI=1S/C20H25N3O3/c1-13-19(15(3)24)14(2)21-20(13)18(26)12-22-8-10-23(11-9-22)16-6-4-5-7-17(16)25/h4-7,21,25H,8-12H2,1-3H3. The molecule has 3 rings (SSSR count). The van der Waals surface area contributed by atoms with E-state index in [9.17, 15) is 14.7 Å². The molecule has 0 spiro atoms. The first-order valence-electron chi connectivity index (χ1n) is 8.87. The molecule has 2 N–H and O–H groups in total. The van der Waals surface area contributed by atoms with Crippen molar-refractivity contribution in [1.82, 2.24) is 9.88 Å². The van der Waals surface area contributed by atoms with Crippen LogP contribution >= 0.6 is 0 Å². The second-order valence-electron chi connectivity index (χ2n) is 6.86. The second-order valence-corrected chi connectivity index (χ2v) is 6.86. The average Bonchev–Trinajstić information content (AvgIpc) is 2.91. The van der Waals surface area contributed by atoms with E-state index in [1.165, 1.54) is 6.92 Å². The quantitative estimate of drug-likeness (QED) is 0.806. The number of aromatic amines is 1. The largest absolute Gasteiger partial charge is 0.506 e. The number of carbonyl (C=O) groups is 2. The number of nitrogens with one attached hydrogen (secondary N) is 1. The summed E-state index contributed by atoms with van der Waals surface area (Å²) in [5, 5.41) is 9.99. The molecule has 1 aromatic carbocycles. The summed E-state index contributed by atoms with van der Waals surface area (Å²) in [6.07, 6.45) is 0. The van der Waals surface area contributed by atoms with Crippen molar-refractivity contribution >= 4 is 17.3 Å². The lowest BCUT2D eigenvalue weighted by Gasteiger charge is -2.35. The number of Topliss-reactive ketones (excluding diaryl/α,β-unsaturated/α-hetero) is 2. The number of carbonyl (C=O) groups excluding carboxylic acids is 2. The molecule has 1 saturated heterocycles. The number of phenols is 1. The number of aromatic hydroxyl groups is 1. The van der Waals surface area contributed by atoms with Crippen molar-refractivity contribution in [3.05, 3.63) is 46.8 Å². The van der Waals surface area contributed by atoms with Crippen LogP contribution in [0.4, 0.5) is 5.69 Å². The third kappa shape index (κ3) is 3.51. The number of benzene rings is 1. The molecule has 0 atom stereocenters. The number of anilines is 1. The fourth-order valence-corrected chi connectivity index (χ4v) is 3.72. The zero-order valence-corrected chi connectivity index (χ0v) is 15.5. The maximum absolute atomic E-state index is 12.7. The predicted octanol–water partition coefficient (Wildman–Crippen LogP) is 2.54. The molecule has 1 aliphatic heterocycles. The van der Waals surface area contributed by atoms with Gasteiger partial charge in [-0.05, 0) is 38.5 Å². The molecule has 26 heavy (non-hydrogen) atoms. The summed E-state index contributed by atoms with van der Waals surface area (Å²) in [6, 6.07) is 7.32. The number of rotatable bonds is 5. The Balaban J connectivity index is 1.63. The third-order valence-corrected chi connectivity index (χ3v) is 5.03. The number of phenolic OH excluding ortho intramolecular Hbond substituents is 1. The normalized spacial score (nSPS) is 15.3. The van der Waals surface area contributed by atoms with Crippen molar-refractivity contribution in [3.8, 4) is 5.75 Å². The van der Waals surface area contributed by atoms with Gasteiger partial charge in [0, 0.05) is 37.4 Å². The summed E-state index contributed by atoms with van der Waals surface area (Å²) in [5.41, 5.74) is 3.49. The van der Waals surface area contributed by atoms with Crippen LogP contribution in [0, 0.1) is 13.8 Å². The first-order chi connectivity index (χ1) is 12.4. The van der Waals surface area contributed by atoms with Crippen molar-refractivity contribution < 1.29 is 14.7 Å². The first-order valence-corrected chi connectivity index (χ1v) is 8.87. The summed E-state index contributed by atoms with van der Waals surface area (Å²) >= 11 is 0. The Kier molecular flexibility index (Phi) is 5.13. The van der Waals surface area contributed by atoms with Crippen molar-refractivity contribution in [1.29, 1.82) is 0 Å². The molecule has 2 aromatic rings. The number of hydrogen-bond acceptors (Lipinski definition) is 5. The third-order valence-electron chi connectivity index (χ3n) is 5.03. The molecule has 0 saturated carbocycles. The smallest absolute Gasteiger partial charge is 0.193 e. The zero-order valence-electron chi connectivity index (χ0n) is 15.5. The van der Waals surface area contributed by atoms with E-state index in [0.717, 1.165) is 43.1 Å². The van der Waals surface area contributed by atoms with Crippen molar-refractivity contribution in [2.24, 2.45) is 0 Å². The molecule has 0 bridgehead atoms. The van der Waals surface area contributed by atoms with E-state index in [4.69, 9.17) is 0 Å². The Labute approximate surface area is 153 Å². The summed E-state index contributed by atoms with van der Waals surface area (Å²) in [4.78, 5) is 31.8. The van der Waals surface area contributed by atoms with Crippen LogP contribution in [0.15, 0.2) is 24.3 Å². The highest BCUT2D eigenvalue weighted by Crippen LogP contribution is 2.27.